The Hall–Kier alpha value is -0.380. The van der Waals surface area contributed by atoms with Crippen LogP contribution in [0.15, 0.2) is 12.2 Å². The van der Waals surface area contributed by atoms with Crippen molar-refractivity contribution in [2.24, 2.45) is 0 Å². The lowest BCUT2D eigenvalue weighted by Gasteiger charge is -2.26. The van der Waals surface area contributed by atoms with Crippen molar-refractivity contribution in [3.63, 3.8) is 0 Å². The number of rotatable bonds is 5. The zero-order valence-corrected chi connectivity index (χ0v) is 11.4. The largest absolute Gasteiger partial charge is 0.313 e. The molecule has 2 saturated heterocycles. The van der Waals surface area contributed by atoms with Gasteiger partial charge in [-0.05, 0) is 38.4 Å². The molecular weight excluding hydrogens is 210 g/mol. The standard InChI is InChI=1S/C14H27N3/c1-4-15-9-12(2)10-17-8-7-13-5-6-14(11-17)16(13)3/h13-15H,2,4-11H2,1,3H3. The second kappa shape index (κ2) is 5.98. The fraction of sp³-hybridized carbons (Fsp3) is 0.857. The summed E-state index contributed by atoms with van der Waals surface area (Å²) in [7, 11) is 2.30. The molecule has 3 nitrogen and oxygen atoms in total. The lowest BCUT2D eigenvalue weighted by Crippen LogP contribution is -2.38. The highest BCUT2D eigenvalue weighted by Crippen LogP contribution is 2.28. The molecule has 0 amide bonds. The van der Waals surface area contributed by atoms with Gasteiger partial charge in [0.2, 0.25) is 0 Å². The molecule has 0 aliphatic carbocycles. The SMILES string of the molecule is C=C(CNCC)CN1CCC2CCC(C1)N2C. The van der Waals surface area contributed by atoms with E-state index in [0.717, 1.165) is 31.7 Å². The van der Waals surface area contributed by atoms with Crippen LogP contribution in [0.5, 0.6) is 0 Å². The number of hydrogen-bond acceptors (Lipinski definition) is 3. The van der Waals surface area contributed by atoms with Crippen LogP contribution >= 0.6 is 0 Å². The van der Waals surface area contributed by atoms with Crippen LogP contribution in [-0.2, 0) is 0 Å². The Bertz CT molecular complexity index is 264. The van der Waals surface area contributed by atoms with Crippen molar-refractivity contribution in [3.8, 4) is 0 Å². The molecule has 2 heterocycles. The van der Waals surface area contributed by atoms with Gasteiger partial charge in [-0.1, -0.05) is 13.5 Å². The van der Waals surface area contributed by atoms with Gasteiger partial charge >= 0.3 is 0 Å². The van der Waals surface area contributed by atoms with Crippen molar-refractivity contribution in [2.45, 2.75) is 38.3 Å². The maximum atomic E-state index is 4.18. The highest BCUT2D eigenvalue weighted by Gasteiger charge is 2.34. The molecule has 0 aromatic rings. The van der Waals surface area contributed by atoms with Gasteiger partial charge in [0.15, 0.2) is 0 Å². The molecule has 0 aromatic heterocycles. The Morgan fingerprint density at radius 3 is 2.82 bits per heavy atom. The van der Waals surface area contributed by atoms with Crippen molar-refractivity contribution in [3.05, 3.63) is 12.2 Å². The fourth-order valence-corrected chi connectivity index (χ4v) is 3.20. The number of nitrogens with zero attached hydrogens (tertiary/aromatic N) is 2. The maximum absolute atomic E-state index is 4.18. The van der Waals surface area contributed by atoms with Crippen LogP contribution in [0.2, 0.25) is 0 Å². The number of hydrogen-bond donors (Lipinski definition) is 1. The zero-order chi connectivity index (χ0) is 12.3. The van der Waals surface area contributed by atoms with Gasteiger partial charge in [0.1, 0.15) is 0 Å². The molecule has 2 bridgehead atoms. The Balaban J connectivity index is 1.80. The van der Waals surface area contributed by atoms with Gasteiger partial charge in [0.05, 0.1) is 0 Å². The van der Waals surface area contributed by atoms with E-state index < -0.39 is 0 Å². The van der Waals surface area contributed by atoms with Gasteiger partial charge in [-0.15, -0.1) is 0 Å². The summed E-state index contributed by atoms with van der Waals surface area (Å²) < 4.78 is 0. The maximum Gasteiger partial charge on any atom is 0.0223 e. The van der Waals surface area contributed by atoms with Crippen LogP contribution in [-0.4, -0.2) is 61.7 Å². The minimum Gasteiger partial charge on any atom is -0.313 e. The van der Waals surface area contributed by atoms with Crippen LogP contribution < -0.4 is 5.32 Å². The molecule has 0 spiro atoms. The van der Waals surface area contributed by atoms with E-state index in [1.54, 1.807) is 0 Å². The molecule has 2 rings (SSSR count). The molecule has 0 saturated carbocycles. The molecule has 2 aliphatic heterocycles. The van der Waals surface area contributed by atoms with E-state index >= 15 is 0 Å². The summed E-state index contributed by atoms with van der Waals surface area (Å²) in [4.78, 5) is 5.20. The van der Waals surface area contributed by atoms with E-state index in [4.69, 9.17) is 0 Å². The number of nitrogens with one attached hydrogen (secondary N) is 1. The molecule has 2 fully saturated rings. The van der Waals surface area contributed by atoms with Crippen LogP contribution in [0.3, 0.4) is 0 Å². The molecule has 0 radical (unpaired) electrons. The zero-order valence-electron chi connectivity index (χ0n) is 11.4. The topological polar surface area (TPSA) is 18.5 Å². The summed E-state index contributed by atoms with van der Waals surface area (Å²) in [6, 6.07) is 1.63. The van der Waals surface area contributed by atoms with Gasteiger partial charge < -0.3 is 5.32 Å². The van der Waals surface area contributed by atoms with Gasteiger partial charge in [-0.3, -0.25) is 9.80 Å². The number of fused-ring (bicyclic) bond motifs is 2. The molecule has 1 N–H and O–H groups in total. The van der Waals surface area contributed by atoms with Crippen molar-refractivity contribution in [1.29, 1.82) is 0 Å². The highest BCUT2D eigenvalue weighted by molar-refractivity contribution is 5.01. The van der Waals surface area contributed by atoms with Crippen LogP contribution in [0.4, 0.5) is 0 Å². The molecule has 98 valence electrons. The lowest BCUT2D eigenvalue weighted by molar-refractivity contribution is 0.226. The highest BCUT2D eigenvalue weighted by atomic mass is 15.3. The molecule has 2 atom stereocenters. The second-order valence-corrected chi connectivity index (χ2v) is 5.60. The van der Waals surface area contributed by atoms with Crippen LogP contribution in [0.1, 0.15) is 26.2 Å². The smallest absolute Gasteiger partial charge is 0.0223 e. The van der Waals surface area contributed by atoms with E-state index in [2.05, 4.69) is 35.7 Å². The van der Waals surface area contributed by atoms with Gasteiger partial charge in [-0.2, -0.15) is 0 Å². The third kappa shape index (κ3) is 3.30. The molecule has 2 aliphatic rings. The number of likely N-dealkylation sites (tertiary alicyclic amines) is 1. The average Bonchev–Trinajstić information content (AvgIpc) is 2.55. The van der Waals surface area contributed by atoms with Crippen molar-refractivity contribution < 1.29 is 0 Å². The Kier molecular flexibility index (Phi) is 4.60. The molecular formula is C14H27N3. The summed E-state index contributed by atoms with van der Waals surface area (Å²) in [5.41, 5.74) is 1.33. The number of likely N-dealkylation sites (N-methyl/N-ethyl adjacent to an activating group) is 2. The minimum atomic E-state index is 0.787. The summed E-state index contributed by atoms with van der Waals surface area (Å²) in [6.07, 6.45) is 4.13. The van der Waals surface area contributed by atoms with Crippen molar-refractivity contribution in [2.75, 3.05) is 39.8 Å². The van der Waals surface area contributed by atoms with Gasteiger partial charge in [-0.25, -0.2) is 0 Å². The Labute approximate surface area is 106 Å². The Morgan fingerprint density at radius 1 is 1.29 bits per heavy atom. The summed E-state index contributed by atoms with van der Waals surface area (Å²) in [6.45, 7) is 11.9. The first-order valence-electron chi connectivity index (χ1n) is 7.02. The predicted molar refractivity (Wildman–Crippen MR) is 73.3 cm³/mol. The third-order valence-corrected chi connectivity index (χ3v) is 4.30. The third-order valence-electron chi connectivity index (χ3n) is 4.30. The summed E-state index contributed by atoms with van der Waals surface area (Å²) >= 11 is 0. The first kappa shape index (κ1) is 13.1. The minimum absolute atomic E-state index is 0.787. The van der Waals surface area contributed by atoms with E-state index in [-0.39, 0.29) is 0 Å². The second-order valence-electron chi connectivity index (χ2n) is 5.60. The van der Waals surface area contributed by atoms with Gasteiger partial charge in [0, 0.05) is 38.3 Å². The Morgan fingerprint density at radius 2 is 2.06 bits per heavy atom. The average molecular weight is 237 g/mol. The fourth-order valence-electron chi connectivity index (χ4n) is 3.20. The predicted octanol–water partition coefficient (Wildman–Crippen LogP) is 1.32. The van der Waals surface area contributed by atoms with Gasteiger partial charge in [0.25, 0.3) is 0 Å². The summed E-state index contributed by atoms with van der Waals surface area (Å²) in [5, 5.41) is 3.36. The van der Waals surface area contributed by atoms with Crippen molar-refractivity contribution in [1.82, 2.24) is 15.1 Å². The van der Waals surface area contributed by atoms with E-state index in [1.165, 1.54) is 37.9 Å². The lowest BCUT2D eigenvalue weighted by atomic mass is 10.1. The quantitative estimate of drug-likeness (QED) is 0.728. The normalized spacial score (nSPS) is 30.5. The first-order valence-corrected chi connectivity index (χ1v) is 7.02. The molecule has 0 aromatic carbocycles. The van der Waals surface area contributed by atoms with E-state index in [0.29, 0.717) is 0 Å². The molecule has 3 heteroatoms. The molecule has 17 heavy (non-hydrogen) atoms. The van der Waals surface area contributed by atoms with Crippen LogP contribution in [0.25, 0.3) is 0 Å². The van der Waals surface area contributed by atoms with Crippen LogP contribution in [0, 0.1) is 0 Å². The molecule has 2 unspecified atom stereocenters. The first-order chi connectivity index (χ1) is 8.20. The summed E-state index contributed by atoms with van der Waals surface area (Å²) in [5.74, 6) is 0. The monoisotopic (exact) mass is 237 g/mol. The van der Waals surface area contributed by atoms with E-state index in [1.807, 2.05) is 0 Å². The van der Waals surface area contributed by atoms with Crippen molar-refractivity contribution >= 4 is 0 Å². The van der Waals surface area contributed by atoms with E-state index in [9.17, 15) is 0 Å².